The smallest absolute Gasteiger partial charge is 0.305 e. The number of rotatable bonds is 6. The summed E-state index contributed by atoms with van der Waals surface area (Å²) in [7, 11) is 0. The molecule has 0 spiro atoms. The van der Waals surface area contributed by atoms with Crippen molar-refractivity contribution in [3.8, 4) is 6.07 Å². The van der Waals surface area contributed by atoms with Crippen LogP contribution in [-0.4, -0.2) is 26.7 Å². The van der Waals surface area contributed by atoms with Gasteiger partial charge in [-0.3, -0.25) is 14.9 Å². The van der Waals surface area contributed by atoms with Gasteiger partial charge in [-0.2, -0.15) is 5.26 Å². The Morgan fingerprint density at radius 2 is 2.30 bits per heavy atom. The zero-order chi connectivity index (χ0) is 14.8. The Balaban J connectivity index is 2.06. The van der Waals surface area contributed by atoms with Crippen LogP contribution in [0.25, 0.3) is 0 Å². The molecule has 2 rings (SSSR count). The normalized spacial score (nSPS) is 15.3. The van der Waals surface area contributed by atoms with Gasteiger partial charge in [0, 0.05) is 11.8 Å². The van der Waals surface area contributed by atoms with Crippen molar-refractivity contribution in [2.75, 3.05) is 5.75 Å². The molecule has 1 aliphatic rings. The number of thioether (sulfide) groups is 1. The highest BCUT2D eigenvalue weighted by Crippen LogP contribution is 2.51. The topological polar surface area (TPSA) is 117 Å². The van der Waals surface area contributed by atoms with Crippen molar-refractivity contribution in [3.05, 3.63) is 27.9 Å². The van der Waals surface area contributed by atoms with E-state index in [9.17, 15) is 14.9 Å². The van der Waals surface area contributed by atoms with Gasteiger partial charge in [-0.1, -0.05) is 0 Å². The number of hydrogen-bond donors (Lipinski definition) is 1. The fraction of sp³-hybridized carbons (Fsp3) is 0.417. The molecule has 1 heterocycles. The molecular formula is C12H11N3O4S. The van der Waals surface area contributed by atoms with E-state index < -0.39 is 10.9 Å². The number of nitro groups is 1. The standard InChI is InChI=1S/C12H11N3O4S/c13-6-8-9(15(18)19)1-2-10(14-8)20-7-12(3-4-12)5-11(16)17/h1-2H,3-5,7H2,(H,16,17). The van der Waals surface area contributed by atoms with Gasteiger partial charge in [0.2, 0.25) is 5.69 Å². The molecule has 104 valence electrons. The largest absolute Gasteiger partial charge is 0.481 e. The van der Waals surface area contributed by atoms with Crippen LogP contribution < -0.4 is 0 Å². The summed E-state index contributed by atoms with van der Waals surface area (Å²) in [5.41, 5.74) is -0.723. The molecule has 0 aromatic carbocycles. The molecule has 0 aliphatic heterocycles. The SMILES string of the molecule is N#Cc1nc(SCC2(CC(=O)O)CC2)ccc1[N+](=O)[O-]. The quantitative estimate of drug-likeness (QED) is 0.485. The average Bonchev–Trinajstić information content (AvgIpc) is 3.15. The molecule has 0 radical (unpaired) electrons. The monoisotopic (exact) mass is 293 g/mol. The van der Waals surface area contributed by atoms with E-state index in [4.69, 9.17) is 10.4 Å². The number of pyridine rings is 1. The van der Waals surface area contributed by atoms with Gasteiger partial charge in [-0.15, -0.1) is 11.8 Å². The van der Waals surface area contributed by atoms with Crippen molar-refractivity contribution in [2.24, 2.45) is 5.41 Å². The molecule has 1 N–H and O–H groups in total. The van der Waals surface area contributed by atoms with Crippen LogP contribution in [0.3, 0.4) is 0 Å². The van der Waals surface area contributed by atoms with Crippen molar-refractivity contribution in [3.63, 3.8) is 0 Å². The van der Waals surface area contributed by atoms with Crippen LogP contribution in [0.2, 0.25) is 0 Å². The Morgan fingerprint density at radius 3 is 2.80 bits per heavy atom. The summed E-state index contributed by atoms with van der Waals surface area (Å²) in [6, 6.07) is 4.44. The highest BCUT2D eigenvalue weighted by molar-refractivity contribution is 7.99. The minimum Gasteiger partial charge on any atom is -0.481 e. The Hall–Kier alpha value is -2.14. The van der Waals surface area contributed by atoms with Gasteiger partial charge < -0.3 is 5.11 Å². The molecule has 1 aromatic rings. The summed E-state index contributed by atoms with van der Waals surface area (Å²) in [6.45, 7) is 0. The minimum atomic E-state index is -0.822. The molecule has 20 heavy (non-hydrogen) atoms. The highest BCUT2D eigenvalue weighted by atomic mass is 32.2. The van der Waals surface area contributed by atoms with E-state index in [0.29, 0.717) is 10.8 Å². The number of hydrogen-bond acceptors (Lipinski definition) is 6. The van der Waals surface area contributed by atoms with Crippen LogP contribution in [0.5, 0.6) is 0 Å². The first-order chi connectivity index (χ1) is 9.46. The van der Waals surface area contributed by atoms with Gasteiger partial charge in [0.15, 0.2) is 0 Å². The van der Waals surface area contributed by atoms with Crippen LogP contribution in [0.15, 0.2) is 17.2 Å². The molecule has 8 heteroatoms. The lowest BCUT2D eigenvalue weighted by Gasteiger charge is -2.11. The fourth-order valence-corrected chi connectivity index (χ4v) is 3.01. The second kappa shape index (κ2) is 5.46. The van der Waals surface area contributed by atoms with Gasteiger partial charge in [0.1, 0.15) is 6.07 Å². The van der Waals surface area contributed by atoms with E-state index >= 15 is 0 Å². The minimum absolute atomic E-state index is 0.123. The third kappa shape index (κ3) is 3.24. The maximum atomic E-state index is 10.7. The maximum Gasteiger partial charge on any atom is 0.305 e. The summed E-state index contributed by atoms with van der Waals surface area (Å²) < 4.78 is 0. The van der Waals surface area contributed by atoms with Crippen LogP contribution in [0.1, 0.15) is 25.0 Å². The number of aromatic nitrogens is 1. The Labute approximate surface area is 118 Å². The summed E-state index contributed by atoms with van der Waals surface area (Å²) >= 11 is 1.33. The van der Waals surface area contributed by atoms with Crippen molar-refractivity contribution in [1.29, 1.82) is 5.26 Å². The van der Waals surface area contributed by atoms with E-state index in [0.717, 1.165) is 12.8 Å². The first-order valence-electron chi connectivity index (χ1n) is 5.86. The first kappa shape index (κ1) is 14.3. The Bertz CT molecular complexity index is 607. The van der Waals surface area contributed by atoms with E-state index in [1.807, 2.05) is 0 Å². The second-order valence-corrected chi connectivity index (χ2v) is 5.74. The van der Waals surface area contributed by atoms with E-state index in [-0.39, 0.29) is 23.2 Å². The Morgan fingerprint density at radius 1 is 1.60 bits per heavy atom. The second-order valence-electron chi connectivity index (χ2n) is 4.75. The van der Waals surface area contributed by atoms with Gasteiger partial charge in [0.25, 0.3) is 0 Å². The lowest BCUT2D eigenvalue weighted by Crippen LogP contribution is -2.11. The van der Waals surface area contributed by atoms with Crippen molar-refractivity contribution >= 4 is 23.4 Å². The lowest BCUT2D eigenvalue weighted by atomic mass is 10.1. The molecule has 1 fully saturated rings. The molecule has 1 aliphatic carbocycles. The predicted molar refractivity (Wildman–Crippen MR) is 70.3 cm³/mol. The Kier molecular flexibility index (Phi) is 3.90. The molecule has 0 atom stereocenters. The summed E-state index contributed by atoms with van der Waals surface area (Å²) in [6.07, 6.45) is 1.85. The zero-order valence-corrected chi connectivity index (χ0v) is 11.2. The van der Waals surface area contributed by atoms with Crippen molar-refractivity contribution < 1.29 is 14.8 Å². The number of carboxylic acid groups (broad SMARTS) is 1. The number of aliphatic carboxylic acids is 1. The maximum absolute atomic E-state index is 10.7. The van der Waals surface area contributed by atoms with Gasteiger partial charge in [-0.25, -0.2) is 4.98 Å². The molecule has 7 nitrogen and oxygen atoms in total. The third-order valence-electron chi connectivity index (χ3n) is 3.16. The molecule has 0 unspecified atom stereocenters. The summed E-state index contributed by atoms with van der Waals surface area (Å²) in [4.78, 5) is 24.7. The van der Waals surface area contributed by atoms with E-state index in [1.165, 1.54) is 23.9 Å². The number of carboxylic acids is 1. The zero-order valence-electron chi connectivity index (χ0n) is 10.4. The van der Waals surface area contributed by atoms with E-state index in [2.05, 4.69) is 4.98 Å². The molecule has 0 amide bonds. The molecule has 0 saturated heterocycles. The molecule has 0 bridgehead atoms. The molecule has 1 aromatic heterocycles. The molecule has 1 saturated carbocycles. The number of nitrogens with zero attached hydrogens (tertiary/aromatic N) is 3. The van der Waals surface area contributed by atoms with E-state index in [1.54, 1.807) is 6.07 Å². The van der Waals surface area contributed by atoms with Crippen molar-refractivity contribution in [1.82, 2.24) is 4.98 Å². The van der Waals surface area contributed by atoms with Crippen LogP contribution in [-0.2, 0) is 4.79 Å². The number of carbonyl (C=O) groups is 1. The highest BCUT2D eigenvalue weighted by Gasteiger charge is 2.44. The van der Waals surface area contributed by atoms with Gasteiger partial charge in [0.05, 0.1) is 16.4 Å². The fourth-order valence-electron chi connectivity index (χ4n) is 1.84. The third-order valence-corrected chi connectivity index (χ3v) is 4.44. The van der Waals surface area contributed by atoms with Gasteiger partial charge >= 0.3 is 11.7 Å². The lowest BCUT2D eigenvalue weighted by molar-refractivity contribution is -0.385. The first-order valence-corrected chi connectivity index (χ1v) is 6.84. The average molecular weight is 293 g/mol. The summed E-state index contributed by atoms with van der Waals surface area (Å²) in [5, 5.41) is 28.9. The van der Waals surface area contributed by atoms with Crippen LogP contribution in [0.4, 0.5) is 5.69 Å². The van der Waals surface area contributed by atoms with Gasteiger partial charge in [-0.05, 0) is 24.3 Å². The predicted octanol–water partition coefficient (Wildman–Crippen LogP) is 2.21. The van der Waals surface area contributed by atoms with Crippen LogP contribution >= 0.6 is 11.8 Å². The summed E-state index contributed by atoms with van der Waals surface area (Å²) in [5.74, 6) is -0.230. The van der Waals surface area contributed by atoms with Crippen LogP contribution in [0, 0.1) is 26.9 Å². The molecular weight excluding hydrogens is 282 g/mol. The van der Waals surface area contributed by atoms with Crippen molar-refractivity contribution in [2.45, 2.75) is 24.3 Å². The number of nitriles is 1.